The van der Waals surface area contributed by atoms with Crippen LogP contribution in [0.4, 0.5) is 0 Å². The Kier molecular flexibility index (Phi) is 4.66. The molecule has 2 heteroatoms. The number of hydrogen-bond donors (Lipinski definition) is 1. The largest absolute Gasteiger partial charge is 0.312 e. The summed E-state index contributed by atoms with van der Waals surface area (Å²) in [6.07, 6.45) is 8.49. The zero-order chi connectivity index (χ0) is 11.4. The van der Waals surface area contributed by atoms with Gasteiger partial charge in [0.05, 0.1) is 0 Å². The Labute approximate surface area is 101 Å². The lowest BCUT2D eigenvalue weighted by atomic mass is 9.92. The first kappa shape index (κ1) is 12.4. The fourth-order valence-corrected chi connectivity index (χ4v) is 2.84. The fourth-order valence-electron chi connectivity index (χ4n) is 2.84. The lowest BCUT2D eigenvalue weighted by Gasteiger charge is -2.36. The van der Waals surface area contributed by atoms with Gasteiger partial charge in [-0.1, -0.05) is 19.8 Å². The minimum atomic E-state index is 0.739. The van der Waals surface area contributed by atoms with E-state index in [-0.39, 0.29) is 0 Å². The summed E-state index contributed by atoms with van der Waals surface area (Å²) >= 11 is 0. The van der Waals surface area contributed by atoms with Gasteiger partial charge in [-0.05, 0) is 51.6 Å². The second kappa shape index (κ2) is 6.02. The number of nitrogens with zero attached hydrogens (tertiary/aromatic N) is 1. The first-order valence-corrected chi connectivity index (χ1v) is 7.27. The van der Waals surface area contributed by atoms with E-state index >= 15 is 0 Å². The topological polar surface area (TPSA) is 15.3 Å². The van der Waals surface area contributed by atoms with Crippen LogP contribution in [0.2, 0.25) is 0 Å². The lowest BCUT2D eigenvalue weighted by molar-refractivity contribution is 0.135. The van der Waals surface area contributed by atoms with E-state index in [0.717, 1.165) is 18.0 Å². The average Bonchev–Trinajstić information content (AvgIpc) is 3.11. The molecule has 1 atom stereocenters. The molecule has 1 saturated carbocycles. The standard InChI is InChI=1S/C14H28N2/c1-3-4-13-7-9-16(10-8-13)12(2)11-15-14-5-6-14/h12-15H,3-11H2,1-2H3. The Hall–Kier alpha value is -0.0800. The molecule has 1 heterocycles. The van der Waals surface area contributed by atoms with Gasteiger partial charge in [-0.2, -0.15) is 0 Å². The van der Waals surface area contributed by atoms with E-state index in [1.807, 2.05) is 0 Å². The van der Waals surface area contributed by atoms with Crippen molar-refractivity contribution in [3.8, 4) is 0 Å². The van der Waals surface area contributed by atoms with Crippen LogP contribution >= 0.6 is 0 Å². The van der Waals surface area contributed by atoms with E-state index in [0.29, 0.717) is 0 Å². The third-order valence-corrected chi connectivity index (χ3v) is 4.25. The van der Waals surface area contributed by atoms with Crippen LogP contribution in [0.25, 0.3) is 0 Å². The molecular formula is C14H28N2. The fraction of sp³-hybridized carbons (Fsp3) is 1.00. The molecule has 2 nitrogen and oxygen atoms in total. The summed E-state index contributed by atoms with van der Waals surface area (Å²) < 4.78 is 0. The molecule has 2 aliphatic rings. The van der Waals surface area contributed by atoms with Crippen LogP contribution in [-0.4, -0.2) is 36.6 Å². The predicted molar refractivity (Wildman–Crippen MR) is 69.7 cm³/mol. The van der Waals surface area contributed by atoms with Crippen molar-refractivity contribution in [3.63, 3.8) is 0 Å². The normalized spacial score (nSPS) is 25.9. The molecule has 94 valence electrons. The first-order valence-electron chi connectivity index (χ1n) is 7.27. The van der Waals surface area contributed by atoms with E-state index in [1.54, 1.807) is 0 Å². The smallest absolute Gasteiger partial charge is 0.0192 e. The highest BCUT2D eigenvalue weighted by Gasteiger charge is 2.25. The quantitative estimate of drug-likeness (QED) is 0.746. The predicted octanol–water partition coefficient (Wildman–Crippen LogP) is 2.64. The van der Waals surface area contributed by atoms with Gasteiger partial charge in [-0.3, -0.25) is 4.90 Å². The average molecular weight is 224 g/mol. The van der Waals surface area contributed by atoms with Gasteiger partial charge >= 0.3 is 0 Å². The summed E-state index contributed by atoms with van der Waals surface area (Å²) in [5, 5.41) is 3.65. The van der Waals surface area contributed by atoms with Crippen molar-refractivity contribution in [1.29, 1.82) is 0 Å². The summed E-state index contributed by atoms with van der Waals surface area (Å²) in [7, 11) is 0. The maximum Gasteiger partial charge on any atom is 0.0192 e. The molecule has 0 bridgehead atoms. The van der Waals surface area contributed by atoms with Gasteiger partial charge in [0, 0.05) is 18.6 Å². The minimum Gasteiger partial charge on any atom is -0.312 e. The minimum absolute atomic E-state index is 0.739. The Balaban J connectivity index is 1.62. The van der Waals surface area contributed by atoms with Crippen LogP contribution in [0.15, 0.2) is 0 Å². The van der Waals surface area contributed by atoms with Crippen molar-refractivity contribution in [3.05, 3.63) is 0 Å². The number of hydrogen-bond acceptors (Lipinski definition) is 2. The maximum atomic E-state index is 3.65. The van der Waals surface area contributed by atoms with Crippen molar-refractivity contribution in [2.24, 2.45) is 5.92 Å². The molecule has 2 rings (SSSR count). The summed E-state index contributed by atoms with van der Waals surface area (Å²) in [5.41, 5.74) is 0. The summed E-state index contributed by atoms with van der Waals surface area (Å²) in [6, 6.07) is 1.60. The molecule has 0 radical (unpaired) electrons. The van der Waals surface area contributed by atoms with E-state index < -0.39 is 0 Å². The van der Waals surface area contributed by atoms with E-state index in [2.05, 4.69) is 24.1 Å². The summed E-state index contributed by atoms with van der Waals surface area (Å²) in [5.74, 6) is 1.02. The molecule has 1 saturated heterocycles. The molecule has 1 aliphatic carbocycles. The van der Waals surface area contributed by atoms with Crippen molar-refractivity contribution < 1.29 is 0 Å². The molecule has 0 aromatic heterocycles. The highest BCUT2D eigenvalue weighted by molar-refractivity contribution is 4.84. The highest BCUT2D eigenvalue weighted by atomic mass is 15.2. The van der Waals surface area contributed by atoms with Gasteiger partial charge in [0.25, 0.3) is 0 Å². The van der Waals surface area contributed by atoms with Gasteiger partial charge in [0.15, 0.2) is 0 Å². The molecular weight excluding hydrogens is 196 g/mol. The highest BCUT2D eigenvalue weighted by Crippen LogP contribution is 2.23. The van der Waals surface area contributed by atoms with Crippen molar-refractivity contribution in [2.75, 3.05) is 19.6 Å². The Morgan fingerprint density at radius 1 is 1.19 bits per heavy atom. The van der Waals surface area contributed by atoms with Crippen molar-refractivity contribution in [2.45, 2.75) is 64.5 Å². The van der Waals surface area contributed by atoms with E-state index in [4.69, 9.17) is 0 Å². The Morgan fingerprint density at radius 3 is 2.44 bits per heavy atom. The van der Waals surface area contributed by atoms with Gasteiger partial charge in [-0.25, -0.2) is 0 Å². The van der Waals surface area contributed by atoms with Gasteiger partial charge in [-0.15, -0.1) is 0 Å². The number of likely N-dealkylation sites (tertiary alicyclic amines) is 1. The van der Waals surface area contributed by atoms with Crippen LogP contribution < -0.4 is 5.32 Å². The molecule has 1 aliphatic heterocycles. The summed E-state index contributed by atoms with van der Waals surface area (Å²) in [6.45, 7) is 8.56. The molecule has 0 spiro atoms. The first-order chi connectivity index (χ1) is 7.79. The van der Waals surface area contributed by atoms with Crippen LogP contribution in [0.3, 0.4) is 0 Å². The zero-order valence-corrected chi connectivity index (χ0v) is 11.0. The zero-order valence-electron chi connectivity index (χ0n) is 11.0. The van der Waals surface area contributed by atoms with Gasteiger partial charge in [0.1, 0.15) is 0 Å². The van der Waals surface area contributed by atoms with Crippen molar-refractivity contribution in [1.82, 2.24) is 10.2 Å². The van der Waals surface area contributed by atoms with Crippen molar-refractivity contribution >= 4 is 0 Å². The Bertz CT molecular complexity index is 193. The SMILES string of the molecule is CCCC1CCN(C(C)CNC2CC2)CC1. The van der Waals surface area contributed by atoms with Gasteiger partial charge < -0.3 is 5.32 Å². The van der Waals surface area contributed by atoms with E-state index in [9.17, 15) is 0 Å². The van der Waals surface area contributed by atoms with Gasteiger partial charge in [0.2, 0.25) is 0 Å². The maximum absolute atomic E-state index is 3.65. The molecule has 2 fully saturated rings. The van der Waals surface area contributed by atoms with Crippen LogP contribution in [0, 0.1) is 5.92 Å². The third kappa shape index (κ3) is 3.74. The molecule has 1 unspecified atom stereocenters. The molecule has 0 aromatic rings. The van der Waals surface area contributed by atoms with Crippen LogP contribution in [0.5, 0.6) is 0 Å². The summed E-state index contributed by atoms with van der Waals surface area (Å²) in [4.78, 5) is 2.68. The third-order valence-electron chi connectivity index (χ3n) is 4.25. The molecule has 1 N–H and O–H groups in total. The van der Waals surface area contributed by atoms with E-state index in [1.165, 1.54) is 58.2 Å². The number of nitrogens with one attached hydrogen (secondary N) is 1. The van der Waals surface area contributed by atoms with Crippen LogP contribution in [-0.2, 0) is 0 Å². The lowest BCUT2D eigenvalue weighted by Crippen LogP contribution is -2.45. The second-order valence-corrected chi connectivity index (χ2v) is 5.80. The molecule has 0 amide bonds. The Morgan fingerprint density at radius 2 is 1.88 bits per heavy atom. The monoisotopic (exact) mass is 224 g/mol. The number of rotatable bonds is 6. The second-order valence-electron chi connectivity index (χ2n) is 5.80. The van der Waals surface area contributed by atoms with Crippen LogP contribution in [0.1, 0.15) is 52.4 Å². The molecule has 0 aromatic carbocycles. The number of piperidine rings is 1. The molecule has 16 heavy (non-hydrogen) atoms.